The van der Waals surface area contributed by atoms with Crippen molar-refractivity contribution in [1.82, 2.24) is 0 Å². The molecule has 2 aromatic rings. The van der Waals surface area contributed by atoms with Crippen molar-refractivity contribution < 1.29 is 62.8 Å². The lowest BCUT2D eigenvalue weighted by Gasteiger charge is -2.41. The number of benzene rings is 1. The van der Waals surface area contributed by atoms with Gasteiger partial charge in [-0.25, -0.2) is 18.0 Å². The number of ether oxygens (including phenoxy) is 3. The van der Waals surface area contributed by atoms with Crippen LogP contribution in [0.2, 0.25) is 0 Å². The molecule has 0 amide bonds. The predicted octanol–water partition coefficient (Wildman–Crippen LogP) is -0.885. The van der Waals surface area contributed by atoms with Crippen LogP contribution in [0.15, 0.2) is 33.5 Å². The normalized spacial score (nSPS) is 25.7. The maximum Gasteiger partial charge on any atom is 0.397 e. The second kappa shape index (κ2) is 9.55. The minimum Gasteiger partial charge on any atom is -0.467 e. The summed E-state index contributed by atoms with van der Waals surface area (Å²) in [6, 6.07) is 5.26. The number of fused-ring (bicyclic) bond motifs is 1. The number of hydrogen-bond acceptors (Lipinski definition) is 13. The lowest BCUT2D eigenvalue weighted by atomic mass is 9.99. The van der Waals surface area contributed by atoms with Crippen molar-refractivity contribution in [3.05, 3.63) is 40.2 Å². The van der Waals surface area contributed by atoms with Gasteiger partial charge in [-0.05, 0) is 24.6 Å². The molecule has 1 aliphatic heterocycles. The van der Waals surface area contributed by atoms with Gasteiger partial charge in [0.15, 0.2) is 12.2 Å². The Hall–Kier alpha value is -2.64. The standard InChI is InChI=1S/C17H18O15S2/c1-7-5-11(18)29-10-6-8(3-4-9(7)10)28-17-14(32-34(24,25)26)12(19)13(31-33(21,22)23)15(30-17)16(20)27-2/h3-6,12-15,17,19H,1-2H3,(H,21,22,23)(H,24,25,26)/t12-,13-,14+,15+,17+/m0/s1. The first-order valence-electron chi connectivity index (χ1n) is 9.12. The Labute approximate surface area is 191 Å². The van der Waals surface area contributed by atoms with Crippen molar-refractivity contribution in [1.29, 1.82) is 0 Å². The van der Waals surface area contributed by atoms with Crippen LogP contribution in [0.4, 0.5) is 0 Å². The van der Waals surface area contributed by atoms with Gasteiger partial charge in [-0.15, -0.1) is 0 Å². The van der Waals surface area contributed by atoms with E-state index in [0.29, 0.717) is 10.9 Å². The molecule has 188 valence electrons. The molecule has 1 aromatic heterocycles. The van der Waals surface area contributed by atoms with Crippen LogP contribution in [0.1, 0.15) is 5.56 Å². The number of hydrogen-bond donors (Lipinski definition) is 3. The van der Waals surface area contributed by atoms with Crippen LogP contribution < -0.4 is 10.4 Å². The maximum absolute atomic E-state index is 12.1. The fraction of sp³-hybridized carbons (Fsp3) is 0.412. The molecule has 0 saturated carbocycles. The molecule has 34 heavy (non-hydrogen) atoms. The molecule has 1 aliphatic rings. The Kier molecular flexibility index (Phi) is 7.29. The molecule has 5 atom stereocenters. The zero-order valence-electron chi connectivity index (χ0n) is 17.3. The van der Waals surface area contributed by atoms with Gasteiger partial charge in [-0.2, -0.15) is 16.8 Å². The van der Waals surface area contributed by atoms with E-state index in [-0.39, 0.29) is 11.3 Å². The van der Waals surface area contributed by atoms with E-state index >= 15 is 0 Å². The summed E-state index contributed by atoms with van der Waals surface area (Å²) in [6.45, 7) is 1.65. The molecule has 1 fully saturated rings. The van der Waals surface area contributed by atoms with Gasteiger partial charge in [-0.1, -0.05) is 0 Å². The molecule has 0 radical (unpaired) electrons. The van der Waals surface area contributed by atoms with E-state index < -0.39 is 63.1 Å². The molecular weight excluding hydrogens is 508 g/mol. The first-order valence-corrected chi connectivity index (χ1v) is 11.9. The van der Waals surface area contributed by atoms with Crippen LogP contribution in [-0.4, -0.2) is 74.8 Å². The van der Waals surface area contributed by atoms with Gasteiger partial charge < -0.3 is 23.7 Å². The summed E-state index contributed by atoms with van der Waals surface area (Å²) in [5.41, 5.74) is -0.0380. The number of carbonyl (C=O) groups is 1. The lowest BCUT2D eigenvalue weighted by Crippen LogP contribution is -2.63. The quantitative estimate of drug-likeness (QED) is 0.226. The van der Waals surface area contributed by atoms with Gasteiger partial charge in [0.05, 0.1) is 7.11 Å². The van der Waals surface area contributed by atoms with Crippen molar-refractivity contribution in [3.63, 3.8) is 0 Å². The van der Waals surface area contributed by atoms with Crippen LogP contribution in [0.3, 0.4) is 0 Å². The highest BCUT2D eigenvalue weighted by Gasteiger charge is 2.54. The zero-order chi connectivity index (χ0) is 25.4. The summed E-state index contributed by atoms with van der Waals surface area (Å²) in [4.78, 5) is 23.8. The van der Waals surface area contributed by atoms with Gasteiger partial charge >= 0.3 is 32.4 Å². The third-order valence-electron chi connectivity index (χ3n) is 4.59. The van der Waals surface area contributed by atoms with Gasteiger partial charge in [0, 0.05) is 17.5 Å². The highest BCUT2D eigenvalue weighted by molar-refractivity contribution is 7.81. The predicted molar refractivity (Wildman–Crippen MR) is 107 cm³/mol. The molecule has 1 saturated heterocycles. The Morgan fingerprint density at radius 1 is 1.03 bits per heavy atom. The second-order valence-electron chi connectivity index (χ2n) is 6.94. The molecular formula is C17H18O15S2. The minimum absolute atomic E-state index is 0.0585. The van der Waals surface area contributed by atoms with Crippen LogP contribution in [0, 0.1) is 6.92 Å². The minimum atomic E-state index is -5.31. The highest BCUT2D eigenvalue weighted by Crippen LogP contribution is 2.31. The number of aryl methyl sites for hydroxylation is 1. The SMILES string of the molecule is COC(=O)[C@@H]1O[C@@H](Oc2ccc3c(C)cc(=O)oc3c2)[C@H](OS(=O)(=O)O)[C@@H](O)[C@@H]1OS(=O)(=O)O. The topological polar surface area (TPSA) is 222 Å². The smallest absolute Gasteiger partial charge is 0.397 e. The molecule has 0 bridgehead atoms. The van der Waals surface area contributed by atoms with E-state index in [9.17, 15) is 31.5 Å². The van der Waals surface area contributed by atoms with E-state index in [0.717, 1.165) is 7.11 Å². The van der Waals surface area contributed by atoms with Crippen molar-refractivity contribution in [3.8, 4) is 5.75 Å². The van der Waals surface area contributed by atoms with Crippen molar-refractivity contribution >= 4 is 37.7 Å². The van der Waals surface area contributed by atoms with Crippen molar-refractivity contribution in [2.45, 2.75) is 37.6 Å². The number of aliphatic hydroxyl groups is 1. The molecule has 0 unspecified atom stereocenters. The molecule has 2 heterocycles. The Morgan fingerprint density at radius 2 is 1.65 bits per heavy atom. The Balaban J connectivity index is 2.03. The largest absolute Gasteiger partial charge is 0.467 e. The van der Waals surface area contributed by atoms with Crippen LogP contribution in [0.5, 0.6) is 5.75 Å². The first-order chi connectivity index (χ1) is 15.7. The molecule has 3 N–H and O–H groups in total. The summed E-state index contributed by atoms with van der Waals surface area (Å²) < 4.78 is 91.9. The van der Waals surface area contributed by atoms with Crippen molar-refractivity contribution in [2.75, 3.05) is 7.11 Å². The van der Waals surface area contributed by atoms with Crippen molar-refractivity contribution in [2.24, 2.45) is 0 Å². The Bertz CT molecular complexity index is 1350. The zero-order valence-corrected chi connectivity index (χ0v) is 18.9. The average molecular weight is 526 g/mol. The number of carbonyl (C=O) groups excluding carboxylic acids is 1. The number of methoxy groups -OCH3 is 1. The Morgan fingerprint density at radius 3 is 2.24 bits per heavy atom. The van der Waals surface area contributed by atoms with Gasteiger partial charge in [-0.3, -0.25) is 9.11 Å². The van der Waals surface area contributed by atoms with E-state index in [1.165, 1.54) is 24.3 Å². The first kappa shape index (κ1) is 26.0. The summed E-state index contributed by atoms with van der Waals surface area (Å²) in [5.74, 6) is -1.44. The molecule has 15 nitrogen and oxygen atoms in total. The van der Waals surface area contributed by atoms with E-state index in [4.69, 9.17) is 23.0 Å². The van der Waals surface area contributed by atoms with E-state index in [1.807, 2.05) is 0 Å². The number of rotatable bonds is 7. The van der Waals surface area contributed by atoms with E-state index in [2.05, 4.69) is 13.1 Å². The van der Waals surface area contributed by atoms with Crippen LogP contribution in [0.25, 0.3) is 11.0 Å². The second-order valence-corrected chi connectivity index (χ2v) is 9.04. The molecule has 17 heteroatoms. The summed E-state index contributed by atoms with van der Waals surface area (Å²) >= 11 is 0. The van der Waals surface area contributed by atoms with Crippen LogP contribution in [-0.2, 0) is 43.4 Å². The molecule has 0 aliphatic carbocycles. The third kappa shape index (κ3) is 6.07. The van der Waals surface area contributed by atoms with Gasteiger partial charge in [0.1, 0.15) is 23.5 Å². The fourth-order valence-corrected chi connectivity index (χ4v) is 4.21. The van der Waals surface area contributed by atoms with Crippen LogP contribution >= 0.6 is 0 Å². The molecule has 1 aromatic carbocycles. The monoisotopic (exact) mass is 526 g/mol. The van der Waals surface area contributed by atoms with E-state index in [1.54, 1.807) is 6.92 Å². The molecule has 3 rings (SSSR count). The third-order valence-corrected chi connectivity index (χ3v) is 5.53. The molecule has 0 spiro atoms. The summed E-state index contributed by atoms with van der Waals surface area (Å²) in [6.07, 6.45) is -10.9. The number of esters is 1. The van der Waals surface area contributed by atoms with Gasteiger partial charge in [0.2, 0.25) is 6.29 Å². The lowest BCUT2D eigenvalue weighted by molar-refractivity contribution is -0.262. The highest BCUT2D eigenvalue weighted by atomic mass is 32.3. The summed E-state index contributed by atoms with van der Waals surface area (Å²) in [7, 11) is -9.73. The van der Waals surface area contributed by atoms with Gasteiger partial charge in [0.25, 0.3) is 0 Å². The maximum atomic E-state index is 12.1. The average Bonchev–Trinajstić information content (AvgIpc) is 2.70. The summed E-state index contributed by atoms with van der Waals surface area (Å²) in [5, 5.41) is 11.1. The fourth-order valence-electron chi connectivity index (χ4n) is 3.23. The number of aliphatic hydroxyl groups excluding tert-OH is 1.